The van der Waals surface area contributed by atoms with Crippen LogP contribution in [0.25, 0.3) is 11.3 Å². The molecular formula is C17H21N3O3S. The number of nitrogens with one attached hydrogen (secondary N) is 1. The lowest BCUT2D eigenvalue weighted by Gasteiger charge is -2.16. The van der Waals surface area contributed by atoms with Crippen LogP contribution in [0, 0.1) is 0 Å². The maximum atomic E-state index is 11.8. The van der Waals surface area contributed by atoms with E-state index in [0.717, 1.165) is 27.8 Å². The van der Waals surface area contributed by atoms with Gasteiger partial charge in [0.2, 0.25) is 12.7 Å². The van der Waals surface area contributed by atoms with E-state index in [-0.39, 0.29) is 18.7 Å². The number of thiazole rings is 1. The molecule has 1 aliphatic rings. The molecule has 2 aromatic rings. The number of carbonyl (C=O) groups is 1. The fourth-order valence-corrected chi connectivity index (χ4v) is 3.35. The van der Waals surface area contributed by atoms with Gasteiger partial charge in [0, 0.05) is 17.0 Å². The molecule has 128 valence electrons. The molecule has 0 spiro atoms. The van der Waals surface area contributed by atoms with Gasteiger partial charge in [-0.3, -0.25) is 9.69 Å². The van der Waals surface area contributed by atoms with Gasteiger partial charge in [0.1, 0.15) is 5.01 Å². The Bertz CT molecular complexity index is 730. The van der Waals surface area contributed by atoms with Crippen LogP contribution in [0.4, 0.5) is 0 Å². The van der Waals surface area contributed by atoms with Gasteiger partial charge in [0.15, 0.2) is 11.5 Å². The maximum absolute atomic E-state index is 11.8. The lowest BCUT2D eigenvalue weighted by atomic mass is 10.1. The predicted molar refractivity (Wildman–Crippen MR) is 93.3 cm³/mol. The molecule has 0 radical (unpaired) electrons. The summed E-state index contributed by atoms with van der Waals surface area (Å²) >= 11 is 1.59. The molecule has 0 saturated heterocycles. The van der Waals surface area contributed by atoms with Crippen LogP contribution < -0.4 is 14.8 Å². The summed E-state index contributed by atoms with van der Waals surface area (Å²) in [4.78, 5) is 18.4. The van der Waals surface area contributed by atoms with Crippen molar-refractivity contribution in [3.8, 4) is 22.8 Å². The summed E-state index contributed by atoms with van der Waals surface area (Å²) < 4.78 is 10.7. The number of ether oxygens (including phenoxy) is 2. The number of nitrogens with zero attached hydrogens (tertiary/aromatic N) is 2. The van der Waals surface area contributed by atoms with E-state index in [0.29, 0.717) is 13.1 Å². The van der Waals surface area contributed by atoms with Crippen LogP contribution in [0.15, 0.2) is 23.6 Å². The van der Waals surface area contributed by atoms with E-state index in [1.54, 1.807) is 11.3 Å². The minimum atomic E-state index is 0.0278. The molecule has 0 fully saturated rings. The predicted octanol–water partition coefficient (Wildman–Crippen LogP) is 2.50. The van der Waals surface area contributed by atoms with Crippen LogP contribution >= 0.6 is 11.3 Å². The Morgan fingerprint density at radius 2 is 2.17 bits per heavy atom. The molecule has 1 aliphatic heterocycles. The van der Waals surface area contributed by atoms with Crippen molar-refractivity contribution in [3.05, 3.63) is 28.6 Å². The second kappa shape index (κ2) is 7.19. The van der Waals surface area contributed by atoms with Crippen LogP contribution in [0.3, 0.4) is 0 Å². The summed E-state index contributed by atoms with van der Waals surface area (Å²) in [6, 6.07) is 5.98. The van der Waals surface area contributed by atoms with Crippen molar-refractivity contribution < 1.29 is 14.3 Å². The first-order valence-corrected chi connectivity index (χ1v) is 8.71. The average Bonchev–Trinajstić information content (AvgIpc) is 3.13. The number of benzene rings is 1. The number of hydrogen-bond acceptors (Lipinski definition) is 6. The van der Waals surface area contributed by atoms with Gasteiger partial charge in [0.25, 0.3) is 0 Å². The average molecular weight is 347 g/mol. The summed E-state index contributed by atoms with van der Waals surface area (Å²) in [6.07, 6.45) is 0. The second-order valence-electron chi connectivity index (χ2n) is 6.09. The Labute approximate surface area is 145 Å². The van der Waals surface area contributed by atoms with Crippen molar-refractivity contribution in [2.24, 2.45) is 0 Å². The Balaban J connectivity index is 1.62. The highest BCUT2D eigenvalue weighted by atomic mass is 32.1. The number of likely N-dealkylation sites (N-methyl/N-ethyl adjacent to an activating group) is 1. The summed E-state index contributed by atoms with van der Waals surface area (Å²) in [6.45, 7) is 5.18. The fourth-order valence-electron chi connectivity index (χ4n) is 2.47. The number of carbonyl (C=O) groups excluding carboxylic acids is 1. The first kappa shape index (κ1) is 16.7. The smallest absolute Gasteiger partial charge is 0.234 e. The molecule has 1 amide bonds. The third-order valence-electron chi connectivity index (χ3n) is 3.49. The molecule has 0 saturated carbocycles. The van der Waals surface area contributed by atoms with Gasteiger partial charge in [-0.15, -0.1) is 11.3 Å². The van der Waals surface area contributed by atoms with Gasteiger partial charge < -0.3 is 14.8 Å². The number of aromatic nitrogens is 1. The fraction of sp³-hybridized carbons (Fsp3) is 0.412. The molecule has 0 atom stereocenters. The number of hydrogen-bond donors (Lipinski definition) is 1. The normalized spacial score (nSPS) is 12.9. The first-order valence-electron chi connectivity index (χ1n) is 7.83. The molecule has 0 bridgehead atoms. The zero-order valence-electron chi connectivity index (χ0n) is 14.0. The standard InChI is InChI=1S/C17H21N3O3S/c1-11(2)18-16(21)7-20(3)8-17-19-13(9-24-17)12-4-5-14-15(6-12)23-10-22-14/h4-6,9,11H,7-8,10H2,1-3H3,(H,18,21). The van der Waals surface area contributed by atoms with Gasteiger partial charge in [-0.05, 0) is 39.1 Å². The highest BCUT2D eigenvalue weighted by Crippen LogP contribution is 2.36. The van der Waals surface area contributed by atoms with Crippen molar-refractivity contribution in [2.45, 2.75) is 26.4 Å². The third kappa shape index (κ3) is 4.04. The molecule has 6 nitrogen and oxygen atoms in total. The molecule has 1 N–H and O–H groups in total. The van der Waals surface area contributed by atoms with Gasteiger partial charge in [-0.2, -0.15) is 0 Å². The molecule has 3 rings (SSSR count). The molecular weight excluding hydrogens is 326 g/mol. The number of amides is 1. The largest absolute Gasteiger partial charge is 0.454 e. The van der Waals surface area contributed by atoms with E-state index in [9.17, 15) is 4.79 Å². The van der Waals surface area contributed by atoms with Gasteiger partial charge >= 0.3 is 0 Å². The Kier molecular flexibility index (Phi) is 5.01. The van der Waals surface area contributed by atoms with E-state index in [2.05, 4.69) is 10.3 Å². The number of fused-ring (bicyclic) bond motifs is 1. The highest BCUT2D eigenvalue weighted by Gasteiger charge is 2.16. The van der Waals surface area contributed by atoms with Gasteiger partial charge in [-0.25, -0.2) is 4.98 Å². The molecule has 24 heavy (non-hydrogen) atoms. The minimum absolute atomic E-state index is 0.0278. The van der Waals surface area contributed by atoms with Crippen molar-refractivity contribution in [2.75, 3.05) is 20.4 Å². The van der Waals surface area contributed by atoms with Gasteiger partial charge in [0.05, 0.1) is 18.8 Å². The summed E-state index contributed by atoms with van der Waals surface area (Å²) in [5.41, 5.74) is 1.91. The van der Waals surface area contributed by atoms with Crippen LogP contribution in [-0.2, 0) is 11.3 Å². The molecule has 2 heterocycles. The number of rotatable bonds is 6. The van der Waals surface area contributed by atoms with Crippen molar-refractivity contribution in [1.82, 2.24) is 15.2 Å². The van der Waals surface area contributed by atoms with Crippen LogP contribution in [0.5, 0.6) is 11.5 Å². The van der Waals surface area contributed by atoms with E-state index in [4.69, 9.17) is 9.47 Å². The lowest BCUT2D eigenvalue weighted by molar-refractivity contribution is -0.122. The molecule has 0 aliphatic carbocycles. The van der Waals surface area contributed by atoms with E-state index >= 15 is 0 Å². The lowest BCUT2D eigenvalue weighted by Crippen LogP contribution is -2.38. The molecule has 1 aromatic carbocycles. The third-order valence-corrected chi connectivity index (χ3v) is 4.32. The minimum Gasteiger partial charge on any atom is -0.454 e. The van der Waals surface area contributed by atoms with E-state index in [1.807, 2.05) is 49.4 Å². The summed E-state index contributed by atoms with van der Waals surface area (Å²) in [5, 5.41) is 5.89. The molecule has 7 heteroatoms. The zero-order chi connectivity index (χ0) is 17.1. The van der Waals surface area contributed by atoms with Crippen LogP contribution in [0.2, 0.25) is 0 Å². The first-order chi connectivity index (χ1) is 11.5. The monoisotopic (exact) mass is 347 g/mol. The second-order valence-corrected chi connectivity index (χ2v) is 7.03. The SMILES string of the molecule is CC(C)NC(=O)CN(C)Cc1nc(-c2ccc3c(c2)OCO3)cs1. The highest BCUT2D eigenvalue weighted by molar-refractivity contribution is 7.09. The maximum Gasteiger partial charge on any atom is 0.234 e. The van der Waals surface area contributed by atoms with Crippen LogP contribution in [-0.4, -0.2) is 42.2 Å². The zero-order valence-corrected chi connectivity index (χ0v) is 14.9. The van der Waals surface area contributed by atoms with E-state index in [1.165, 1.54) is 0 Å². The molecule has 0 unspecified atom stereocenters. The molecule has 1 aromatic heterocycles. The van der Waals surface area contributed by atoms with Crippen LogP contribution in [0.1, 0.15) is 18.9 Å². The van der Waals surface area contributed by atoms with E-state index < -0.39 is 0 Å². The summed E-state index contributed by atoms with van der Waals surface area (Å²) in [7, 11) is 1.92. The topological polar surface area (TPSA) is 63.7 Å². The quantitative estimate of drug-likeness (QED) is 0.870. The summed E-state index contributed by atoms with van der Waals surface area (Å²) in [5.74, 6) is 1.55. The van der Waals surface area contributed by atoms with Gasteiger partial charge in [-0.1, -0.05) is 0 Å². The van der Waals surface area contributed by atoms with Crippen molar-refractivity contribution in [1.29, 1.82) is 0 Å². The Morgan fingerprint density at radius 1 is 1.38 bits per heavy atom. The van der Waals surface area contributed by atoms with Crippen molar-refractivity contribution >= 4 is 17.2 Å². The Hall–Kier alpha value is -2.12. The van der Waals surface area contributed by atoms with Crippen molar-refractivity contribution in [3.63, 3.8) is 0 Å². The Morgan fingerprint density at radius 3 is 2.96 bits per heavy atom.